The number of carbonyl (C=O) groups excluding carboxylic acids is 1. The molecule has 0 saturated heterocycles. The number of H-pyrrole nitrogens is 1. The van der Waals surface area contributed by atoms with Gasteiger partial charge in [0.2, 0.25) is 11.5 Å². The first-order valence-electron chi connectivity index (χ1n) is 5.89. The lowest BCUT2D eigenvalue weighted by molar-refractivity contribution is -0.120. The average Bonchev–Trinajstić information content (AvgIpc) is 3.12. The van der Waals surface area contributed by atoms with Gasteiger partial charge in [0.05, 0.1) is 6.54 Å². The lowest BCUT2D eigenvalue weighted by atomic mass is 10.3. The van der Waals surface area contributed by atoms with E-state index in [-0.39, 0.29) is 11.5 Å². The van der Waals surface area contributed by atoms with Gasteiger partial charge < -0.3 is 15.6 Å². The quantitative estimate of drug-likeness (QED) is 0.649. The molecule has 5 heteroatoms. The molecule has 1 aliphatic carbocycles. The van der Waals surface area contributed by atoms with Crippen molar-refractivity contribution in [2.24, 2.45) is 5.92 Å². The molecule has 0 aliphatic heterocycles. The molecule has 0 atom stereocenters. The summed E-state index contributed by atoms with van der Waals surface area (Å²) >= 11 is 0. The Morgan fingerprint density at radius 1 is 1.41 bits per heavy atom. The van der Waals surface area contributed by atoms with E-state index in [9.17, 15) is 9.59 Å². The molecule has 0 radical (unpaired) electrons. The largest absolute Gasteiger partial charge is 0.351 e. The van der Waals surface area contributed by atoms with Crippen LogP contribution < -0.4 is 16.2 Å². The summed E-state index contributed by atoms with van der Waals surface area (Å²) in [6.07, 6.45) is 4.18. The van der Waals surface area contributed by atoms with Crippen LogP contribution in [0.3, 0.4) is 0 Å². The molecule has 1 amide bonds. The van der Waals surface area contributed by atoms with Crippen molar-refractivity contribution in [1.82, 2.24) is 15.6 Å². The average molecular weight is 235 g/mol. The number of hydrogen-bond donors (Lipinski definition) is 3. The number of pyridine rings is 1. The van der Waals surface area contributed by atoms with Gasteiger partial charge in [0.25, 0.3) is 0 Å². The topological polar surface area (TPSA) is 74.0 Å². The number of nitrogens with one attached hydrogen (secondary N) is 3. The molecule has 3 N–H and O–H groups in total. The van der Waals surface area contributed by atoms with Gasteiger partial charge in [0.15, 0.2) is 0 Å². The number of rotatable bonds is 6. The predicted molar refractivity (Wildman–Crippen MR) is 64.5 cm³/mol. The predicted octanol–water partition coefficient (Wildman–Crippen LogP) is -0.00930. The summed E-state index contributed by atoms with van der Waals surface area (Å²) < 4.78 is 0. The second-order valence-corrected chi connectivity index (χ2v) is 4.41. The van der Waals surface area contributed by atoms with E-state index >= 15 is 0 Å². The van der Waals surface area contributed by atoms with Crippen molar-refractivity contribution in [3.8, 4) is 0 Å². The third-order valence-corrected chi connectivity index (χ3v) is 2.75. The number of hydrogen-bond acceptors (Lipinski definition) is 3. The van der Waals surface area contributed by atoms with Gasteiger partial charge in [-0.3, -0.25) is 9.59 Å². The molecule has 17 heavy (non-hydrogen) atoms. The van der Waals surface area contributed by atoms with Gasteiger partial charge in [-0.05, 0) is 30.9 Å². The second kappa shape index (κ2) is 5.63. The molecule has 1 aliphatic rings. The minimum atomic E-state index is -0.133. The number of aromatic nitrogens is 1. The summed E-state index contributed by atoms with van der Waals surface area (Å²) in [6.45, 7) is 1.74. The number of aromatic amines is 1. The van der Waals surface area contributed by atoms with Crippen LogP contribution in [0.25, 0.3) is 0 Å². The Bertz CT molecular complexity index is 417. The Labute approximate surface area is 99.6 Å². The van der Waals surface area contributed by atoms with E-state index in [0.717, 1.165) is 18.0 Å². The van der Waals surface area contributed by atoms with Crippen LogP contribution in [0.15, 0.2) is 23.1 Å². The maximum atomic E-state index is 11.4. The molecule has 1 saturated carbocycles. The van der Waals surface area contributed by atoms with Crippen LogP contribution in [-0.4, -0.2) is 24.0 Å². The highest BCUT2D eigenvalue weighted by molar-refractivity contribution is 5.77. The summed E-state index contributed by atoms with van der Waals surface area (Å²) in [5.74, 6) is 0.763. The van der Waals surface area contributed by atoms with Crippen molar-refractivity contribution in [2.45, 2.75) is 19.4 Å². The molecular formula is C12H17N3O2. The summed E-state index contributed by atoms with van der Waals surface area (Å²) in [7, 11) is 0. The maximum Gasteiger partial charge on any atom is 0.247 e. The normalized spacial score (nSPS) is 14.6. The third-order valence-electron chi connectivity index (χ3n) is 2.75. The Morgan fingerprint density at radius 2 is 2.24 bits per heavy atom. The smallest absolute Gasteiger partial charge is 0.247 e. The highest BCUT2D eigenvalue weighted by Gasteiger charge is 2.20. The zero-order chi connectivity index (χ0) is 12.1. The summed E-state index contributed by atoms with van der Waals surface area (Å²) in [6, 6.07) is 3.16. The van der Waals surface area contributed by atoms with E-state index in [0.29, 0.717) is 13.1 Å². The Kier molecular flexibility index (Phi) is 3.93. The molecule has 0 bridgehead atoms. The van der Waals surface area contributed by atoms with Crippen LogP contribution in [0.5, 0.6) is 0 Å². The van der Waals surface area contributed by atoms with E-state index in [1.807, 2.05) is 0 Å². The monoisotopic (exact) mass is 235 g/mol. The van der Waals surface area contributed by atoms with E-state index in [1.54, 1.807) is 12.3 Å². The summed E-state index contributed by atoms with van der Waals surface area (Å²) in [4.78, 5) is 24.8. The van der Waals surface area contributed by atoms with Crippen molar-refractivity contribution in [1.29, 1.82) is 0 Å². The molecule has 0 aromatic carbocycles. The Hall–Kier alpha value is -1.62. The highest BCUT2D eigenvalue weighted by atomic mass is 16.2. The van der Waals surface area contributed by atoms with Crippen LogP contribution in [-0.2, 0) is 11.3 Å². The first-order chi connectivity index (χ1) is 8.24. The molecule has 2 rings (SSSR count). The molecular weight excluding hydrogens is 218 g/mol. The molecule has 1 fully saturated rings. The van der Waals surface area contributed by atoms with Crippen molar-refractivity contribution < 1.29 is 4.79 Å². The van der Waals surface area contributed by atoms with Gasteiger partial charge in [-0.15, -0.1) is 0 Å². The minimum Gasteiger partial charge on any atom is -0.351 e. The van der Waals surface area contributed by atoms with Crippen LogP contribution in [0, 0.1) is 5.92 Å². The SMILES string of the molecule is O=C(CNCC1CC1)NCc1ccc(=O)[nH]c1. The molecule has 1 aromatic rings. The van der Waals surface area contributed by atoms with Crippen molar-refractivity contribution >= 4 is 5.91 Å². The van der Waals surface area contributed by atoms with Gasteiger partial charge in [-0.2, -0.15) is 0 Å². The molecule has 1 aromatic heterocycles. The highest BCUT2D eigenvalue weighted by Crippen LogP contribution is 2.27. The van der Waals surface area contributed by atoms with Crippen molar-refractivity contribution in [3.63, 3.8) is 0 Å². The fraction of sp³-hybridized carbons (Fsp3) is 0.500. The van der Waals surface area contributed by atoms with E-state index in [4.69, 9.17) is 0 Å². The number of amides is 1. The van der Waals surface area contributed by atoms with E-state index in [2.05, 4.69) is 15.6 Å². The van der Waals surface area contributed by atoms with Crippen molar-refractivity contribution in [2.75, 3.05) is 13.1 Å². The Morgan fingerprint density at radius 3 is 2.88 bits per heavy atom. The fourth-order valence-electron chi connectivity index (χ4n) is 1.53. The lowest BCUT2D eigenvalue weighted by Crippen LogP contribution is -2.34. The summed E-state index contributed by atoms with van der Waals surface area (Å²) in [5, 5.41) is 5.91. The standard InChI is InChI=1S/C12H17N3O2/c16-11-4-3-10(6-14-11)7-15-12(17)8-13-5-9-1-2-9/h3-4,6,9,13H,1-2,5,7-8H2,(H,14,16)(H,15,17). The van der Waals surface area contributed by atoms with Crippen LogP contribution in [0.2, 0.25) is 0 Å². The van der Waals surface area contributed by atoms with Gasteiger partial charge in [0.1, 0.15) is 0 Å². The zero-order valence-corrected chi connectivity index (χ0v) is 9.66. The first-order valence-corrected chi connectivity index (χ1v) is 5.89. The van der Waals surface area contributed by atoms with Gasteiger partial charge in [-0.25, -0.2) is 0 Å². The fourth-order valence-corrected chi connectivity index (χ4v) is 1.53. The summed E-state index contributed by atoms with van der Waals surface area (Å²) in [5.41, 5.74) is 0.756. The lowest BCUT2D eigenvalue weighted by Gasteiger charge is -2.06. The second-order valence-electron chi connectivity index (χ2n) is 4.41. The van der Waals surface area contributed by atoms with E-state index < -0.39 is 0 Å². The number of carbonyl (C=O) groups is 1. The van der Waals surface area contributed by atoms with Gasteiger partial charge in [0, 0.05) is 18.8 Å². The van der Waals surface area contributed by atoms with Crippen molar-refractivity contribution in [3.05, 3.63) is 34.2 Å². The van der Waals surface area contributed by atoms with E-state index in [1.165, 1.54) is 18.9 Å². The van der Waals surface area contributed by atoms with Crippen LogP contribution in [0.1, 0.15) is 18.4 Å². The molecule has 92 valence electrons. The molecule has 5 nitrogen and oxygen atoms in total. The third kappa shape index (κ3) is 4.40. The van der Waals surface area contributed by atoms with Gasteiger partial charge in [-0.1, -0.05) is 6.07 Å². The Balaban J connectivity index is 1.64. The first kappa shape index (κ1) is 11.9. The molecule has 0 spiro atoms. The van der Waals surface area contributed by atoms with Gasteiger partial charge >= 0.3 is 0 Å². The minimum absolute atomic E-state index is 0.0168. The maximum absolute atomic E-state index is 11.4. The molecule has 0 unspecified atom stereocenters. The van der Waals surface area contributed by atoms with Crippen LogP contribution >= 0.6 is 0 Å². The zero-order valence-electron chi connectivity index (χ0n) is 9.66. The van der Waals surface area contributed by atoms with Crippen LogP contribution in [0.4, 0.5) is 0 Å². The molecule has 1 heterocycles.